The number of fused-ring (bicyclic) bond motifs is 1. The molecule has 1 aliphatic heterocycles. The molecule has 1 fully saturated rings. The summed E-state index contributed by atoms with van der Waals surface area (Å²) in [5, 5.41) is 0.558. The molecule has 6 heteroatoms. The van der Waals surface area contributed by atoms with Crippen molar-refractivity contribution in [2.75, 3.05) is 4.90 Å². The van der Waals surface area contributed by atoms with E-state index in [9.17, 15) is 9.59 Å². The van der Waals surface area contributed by atoms with Crippen molar-refractivity contribution in [1.82, 2.24) is 9.55 Å². The molecule has 2 aromatic heterocycles. The van der Waals surface area contributed by atoms with Gasteiger partial charge >= 0.3 is 0 Å². The van der Waals surface area contributed by atoms with Gasteiger partial charge in [-0.3, -0.25) is 14.6 Å². The third kappa shape index (κ3) is 2.32. The minimum atomic E-state index is -0.348. The summed E-state index contributed by atoms with van der Waals surface area (Å²) in [5.74, 6) is -0.348. The average Bonchev–Trinajstić information content (AvgIpc) is 3.10. The van der Waals surface area contributed by atoms with Crippen LogP contribution in [0.2, 0.25) is 0 Å². The van der Waals surface area contributed by atoms with Crippen LogP contribution in [0.15, 0.2) is 66.5 Å². The molecule has 0 bridgehead atoms. The van der Waals surface area contributed by atoms with Gasteiger partial charge in [-0.1, -0.05) is 12.6 Å². The van der Waals surface area contributed by atoms with E-state index < -0.39 is 0 Å². The summed E-state index contributed by atoms with van der Waals surface area (Å²) >= 11 is 0.879. The zero-order valence-electron chi connectivity index (χ0n) is 12.7. The maximum absolute atomic E-state index is 12.2. The van der Waals surface area contributed by atoms with E-state index in [1.54, 1.807) is 18.5 Å². The number of rotatable bonds is 3. The molecule has 1 aliphatic rings. The molecule has 1 saturated heterocycles. The highest BCUT2D eigenvalue weighted by molar-refractivity contribution is 8.18. The molecule has 24 heavy (non-hydrogen) atoms. The number of thioether (sulfide) groups is 1. The first-order valence-electron chi connectivity index (χ1n) is 7.37. The van der Waals surface area contributed by atoms with Gasteiger partial charge in [0.05, 0.1) is 16.1 Å². The lowest BCUT2D eigenvalue weighted by atomic mass is 10.2. The topological polar surface area (TPSA) is 55.2 Å². The van der Waals surface area contributed by atoms with Gasteiger partial charge in [0.25, 0.3) is 11.1 Å². The Morgan fingerprint density at radius 3 is 2.58 bits per heavy atom. The summed E-state index contributed by atoms with van der Waals surface area (Å²) in [5.41, 5.74) is 2.69. The minimum absolute atomic E-state index is 0.258. The summed E-state index contributed by atoms with van der Waals surface area (Å²) in [7, 11) is 0. The molecular weight excluding hydrogens is 322 g/mol. The quantitative estimate of drug-likeness (QED) is 0.683. The molecular formula is C18H13N3O2S. The summed E-state index contributed by atoms with van der Waals surface area (Å²) < 4.78 is 2.08. The number of pyridine rings is 1. The van der Waals surface area contributed by atoms with E-state index in [0.717, 1.165) is 28.2 Å². The lowest BCUT2D eigenvalue weighted by molar-refractivity contribution is -0.113. The standard InChI is InChI=1S/C18H13N3O2S/c1-12-17(22)21(18(23)24-12)16-4-2-3-15-14(16)7-10-20(15)11-13-5-8-19-9-6-13/h2-10H,1,11H2. The van der Waals surface area contributed by atoms with Crippen molar-refractivity contribution in [2.24, 2.45) is 0 Å². The molecule has 0 radical (unpaired) electrons. The predicted molar refractivity (Wildman–Crippen MR) is 94.9 cm³/mol. The van der Waals surface area contributed by atoms with Gasteiger partial charge in [-0.05, 0) is 47.7 Å². The molecule has 5 nitrogen and oxygen atoms in total. The molecule has 0 unspecified atom stereocenters. The van der Waals surface area contributed by atoms with Gasteiger partial charge in [-0.25, -0.2) is 4.90 Å². The number of amides is 2. The zero-order chi connectivity index (χ0) is 16.7. The second-order valence-corrected chi connectivity index (χ2v) is 6.49. The lowest BCUT2D eigenvalue weighted by Crippen LogP contribution is -2.27. The Kier molecular flexibility index (Phi) is 3.46. The molecule has 0 aliphatic carbocycles. The van der Waals surface area contributed by atoms with E-state index in [2.05, 4.69) is 16.1 Å². The van der Waals surface area contributed by atoms with Crippen molar-refractivity contribution in [1.29, 1.82) is 0 Å². The van der Waals surface area contributed by atoms with Crippen molar-refractivity contribution in [3.8, 4) is 0 Å². The number of imide groups is 1. The van der Waals surface area contributed by atoms with Crippen molar-refractivity contribution in [3.63, 3.8) is 0 Å². The monoisotopic (exact) mass is 335 g/mol. The second kappa shape index (κ2) is 5.65. The van der Waals surface area contributed by atoms with Gasteiger partial charge in [-0.2, -0.15) is 0 Å². The maximum Gasteiger partial charge on any atom is 0.298 e. The maximum atomic E-state index is 12.2. The first kappa shape index (κ1) is 14.7. The number of anilines is 1. The molecule has 3 heterocycles. The number of hydrogen-bond donors (Lipinski definition) is 0. The van der Waals surface area contributed by atoms with Crippen LogP contribution in [0.3, 0.4) is 0 Å². The van der Waals surface area contributed by atoms with Gasteiger partial charge in [0, 0.05) is 30.5 Å². The number of aromatic nitrogens is 2. The van der Waals surface area contributed by atoms with Crippen LogP contribution in [0.4, 0.5) is 10.5 Å². The number of hydrogen-bond acceptors (Lipinski definition) is 4. The van der Waals surface area contributed by atoms with E-state index in [4.69, 9.17) is 0 Å². The van der Waals surface area contributed by atoms with Crippen molar-refractivity contribution >= 4 is 39.5 Å². The smallest absolute Gasteiger partial charge is 0.298 e. The number of carbonyl (C=O) groups is 2. The molecule has 0 N–H and O–H groups in total. The Labute approximate surface area is 142 Å². The summed E-state index contributed by atoms with van der Waals surface area (Å²) in [6.45, 7) is 4.34. The van der Waals surface area contributed by atoms with E-state index >= 15 is 0 Å². The summed E-state index contributed by atoms with van der Waals surface area (Å²) in [4.78, 5) is 29.8. The first-order chi connectivity index (χ1) is 11.6. The summed E-state index contributed by atoms with van der Waals surface area (Å²) in [6.07, 6.45) is 5.48. The Balaban J connectivity index is 1.78. The fourth-order valence-electron chi connectivity index (χ4n) is 2.84. The number of benzene rings is 1. The minimum Gasteiger partial charge on any atom is -0.343 e. The number of carbonyl (C=O) groups excluding carboxylic acids is 2. The van der Waals surface area contributed by atoms with Gasteiger partial charge in [-0.15, -0.1) is 0 Å². The SMILES string of the molecule is C=C1SC(=O)N(c2cccc3c2ccn3Cc2ccncc2)C1=O. The van der Waals surface area contributed by atoms with E-state index in [1.165, 1.54) is 4.90 Å². The van der Waals surface area contributed by atoms with Crippen LogP contribution in [-0.2, 0) is 11.3 Å². The Morgan fingerprint density at radius 1 is 1.08 bits per heavy atom. The number of nitrogens with zero attached hydrogens (tertiary/aromatic N) is 3. The average molecular weight is 335 g/mol. The van der Waals surface area contributed by atoms with Crippen LogP contribution >= 0.6 is 11.8 Å². The predicted octanol–water partition coefficient (Wildman–Crippen LogP) is 3.80. The van der Waals surface area contributed by atoms with E-state index in [1.807, 2.05) is 36.5 Å². The highest BCUT2D eigenvalue weighted by Gasteiger charge is 2.36. The highest BCUT2D eigenvalue weighted by atomic mass is 32.2. The molecule has 0 spiro atoms. The van der Waals surface area contributed by atoms with Gasteiger partial charge in [0.15, 0.2) is 0 Å². The van der Waals surface area contributed by atoms with Crippen molar-refractivity contribution < 1.29 is 9.59 Å². The van der Waals surface area contributed by atoms with Crippen LogP contribution in [0, 0.1) is 0 Å². The normalized spacial score (nSPS) is 14.8. The van der Waals surface area contributed by atoms with Crippen LogP contribution in [0.25, 0.3) is 10.9 Å². The molecule has 0 saturated carbocycles. The Hall–Kier alpha value is -2.86. The van der Waals surface area contributed by atoms with Crippen LogP contribution in [0.5, 0.6) is 0 Å². The molecule has 118 valence electrons. The largest absolute Gasteiger partial charge is 0.343 e. The summed E-state index contributed by atoms with van der Waals surface area (Å²) in [6, 6.07) is 11.5. The molecule has 0 atom stereocenters. The van der Waals surface area contributed by atoms with Crippen LogP contribution in [0.1, 0.15) is 5.56 Å². The molecule has 3 aromatic rings. The molecule has 4 rings (SSSR count). The first-order valence-corrected chi connectivity index (χ1v) is 8.19. The van der Waals surface area contributed by atoms with Crippen molar-refractivity contribution in [2.45, 2.75) is 6.54 Å². The van der Waals surface area contributed by atoms with Crippen LogP contribution < -0.4 is 4.90 Å². The van der Waals surface area contributed by atoms with Crippen LogP contribution in [-0.4, -0.2) is 20.7 Å². The fourth-order valence-corrected chi connectivity index (χ4v) is 3.50. The van der Waals surface area contributed by atoms with Crippen molar-refractivity contribution in [3.05, 3.63) is 72.0 Å². The van der Waals surface area contributed by atoms with Gasteiger partial charge in [0.2, 0.25) is 0 Å². The lowest BCUT2D eigenvalue weighted by Gasteiger charge is -2.14. The van der Waals surface area contributed by atoms with Gasteiger partial charge in [0.1, 0.15) is 0 Å². The highest BCUT2D eigenvalue weighted by Crippen LogP contribution is 2.37. The zero-order valence-corrected chi connectivity index (χ0v) is 13.5. The molecule has 2 amide bonds. The fraction of sp³-hybridized carbons (Fsp3) is 0.0556. The van der Waals surface area contributed by atoms with E-state index in [-0.39, 0.29) is 16.1 Å². The van der Waals surface area contributed by atoms with E-state index in [0.29, 0.717) is 12.2 Å². The third-order valence-electron chi connectivity index (χ3n) is 3.97. The Bertz CT molecular complexity index is 978. The third-order valence-corrected chi connectivity index (χ3v) is 4.75. The molecule has 1 aromatic carbocycles. The Morgan fingerprint density at radius 2 is 1.88 bits per heavy atom. The van der Waals surface area contributed by atoms with Gasteiger partial charge < -0.3 is 4.57 Å². The second-order valence-electron chi connectivity index (χ2n) is 5.44.